The molecular weight excluding hydrogens is 389 g/mol. The summed E-state index contributed by atoms with van der Waals surface area (Å²) in [5.41, 5.74) is 0.811. The van der Waals surface area contributed by atoms with E-state index in [1.54, 1.807) is 31.1 Å². The lowest BCUT2D eigenvalue weighted by molar-refractivity contribution is -0.128. The van der Waals surface area contributed by atoms with E-state index in [2.05, 4.69) is 15.1 Å². The third-order valence-electron chi connectivity index (χ3n) is 5.12. The number of rotatable bonds is 7. The van der Waals surface area contributed by atoms with Crippen molar-refractivity contribution in [3.63, 3.8) is 0 Å². The summed E-state index contributed by atoms with van der Waals surface area (Å²) < 4.78 is 15.5. The monoisotopic (exact) mass is 419 g/mol. The molecule has 3 rings (SSSR count). The summed E-state index contributed by atoms with van der Waals surface area (Å²) in [6.45, 7) is 6.86. The molecule has 1 atom stereocenters. The zero-order valence-electron chi connectivity index (χ0n) is 17.6. The van der Waals surface area contributed by atoms with Crippen molar-refractivity contribution >= 4 is 17.7 Å². The summed E-state index contributed by atoms with van der Waals surface area (Å²) in [4.78, 5) is 16.7. The summed E-state index contributed by atoms with van der Waals surface area (Å²) in [7, 11) is 3.54. The minimum Gasteiger partial charge on any atom is -0.348 e. The van der Waals surface area contributed by atoms with Crippen molar-refractivity contribution in [1.82, 2.24) is 24.6 Å². The highest BCUT2D eigenvalue weighted by molar-refractivity contribution is 8.00. The molecule has 1 unspecified atom stereocenters. The van der Waals surface area contributed by atoms with E-state index in [0.717, 1.165) is 24.6 Å². The fourth-order valence-electron chi connectivity index (χ4n) is 3.49. The van der Waals surface area contributed by atoms with Gasteiger partial charge < -0.3 is 4.90 Å². The molecule has 1 aromatic carbocycles. The van der Waals surface area contributed by atoms with Crippen molar-refractivity contribution in [2.75, 3.05) is 27.2 Å². The van der Waals surface area contributed by atoms with Crippen LogP contribution in [0, 0.1) is 11.7 Å². The SMILES string of the molecule is CC(C)C(Sc1nnc(CN2CCCCC2)n1-c1ccc(F)cc1)C(=O)N(C)C. The molecule has 1 saturated heterocycles. The van der Waals surface area contributed by atoms with Crippen LogP contribution in [0.25, 0.3) is 5.69 Å². The zero-order valence-corrected chi connectivity index (χ0v) is 18.5. The molecule has 0 aliphatic carbocycles. The highest BCUT2D eigenvalue weighted by Gasteiger charge is 2.28. The van der Waals surface area contributed by atoms with Gasteiger partial charge in [-0.05, 0) is 56.1 Å². The average Bonchev–Trinajstić information content (AvgIpc) is 3.09. The summed E-state index contributed by atoms with van der Waals surface area (Å²) in [5, 5.41) is 9.28. The van der Waals surface area contributed by atoms with Gasteiger partial charge in [0.25, 0.3) is 0 Å². The van der Waals surface area contributed by atoms with Crippen LogP contribution in [0.2, 0.25) is 0 Å². The number of nitrogens with zero attached hydrogens (tertiary/aromatic N) is 5. The number of halogens is 1. The van der Waals surface area contributed by atoms with Crippen LogP contribution in [0.3, 0.4) is 0 Å². The molecule has 1 aliphatic rings. The molecule has 0 radical (unpaired) electrons. The first kappa shape index (κ1) is 21.8. The molecule has 0 saturated carbocycles. The average molecular weight is 420 g/mol. The van der Waals surface area contributed by atoms with Crippen LogP contribution in [0.4, 0.5) is 4.39 Å². The number of hydrogen-bond donors (Lipinski definition) is 0. The highest BCUT2D eigenvalue weighted by atomic mass is 32.2. The molecule has 6 nitrogen and oxygen atoms in total. The van der Waals surface area contributed by atoms with Gasteiger partial charge >= 0.3 is 0 Å². The molecule has 0 bridgehead atoms. The zero-order chi connectivity index (χ0) is 21.0. The Morgan fingerprint density at radius 3 is 2.38 bits per heavy atom. The lowest BCUT2D eigenvalue weighted by Crippen LogP contribution is -2.35. The second kappa shape index (κ2) is 9.71. The fraction of sp³-hybridized carbons (Fsp3) is 0.571. The minimum absolute atomic E-state index is 0.0521. The largest absolute Gasteiger partial charge is 0.348 e. The first-order valence-electron chi connectivity index (χ1n) is 10.2. The van der Waals surface area contributed by atoms with Gasteiger partial charge in [0.15, 0.2) is 11.0 Å². The van der Waals surface area contributed by atoms with E-state index in [-0.39, 0.29) is 22.9 Å². The fourth-order valence-corrected chi connectivity index (χ4v) is 4.70. The number of carbonyl (C=O) groups is 1. The van der Waals surface area contributed by atoms with Gasteiger partial charge in [-0.15, -0.1) is 10.2 Å². The van der Waals surface area contributed by atoms with Crippen molar-refractivity contribution in [1.29, 1.82) is 0 Å². The predicted octanol–water partition coefficient (Wildman–Crippen LogP) is 3.60. The van der Waals surface area contributed by atoms with E-state index in [1.165, 1.54) is 43.2 Å². The van der Waals surface area contributed by atoms with Crippen LogP contribution >= 0.6 is 11.8 Å². The standard InChI is InChI=1S/C21H30FN5OS/c1-15(2)19(20(28)25(3)4)29-21-24-23-18(14-26-12-6-5-7-13-26)27(21)17-10-8-16(22)9-11-17/h8-11,15,19H,5-7,12-14H2,1-4H3. The number of hydrogen-bond acceptors (Lipinski definition) is 5. The first-order valence-corrected chi connectivity index (χ1v) is 11.0. The Morgan fingerprint density at radius 2 is 1.79 bits per heavy atom. The van der Waals surface area contributed by atoms with Crippen molar-refractivity contribution in [3.8, 4) is 5.69 Å². The number of aromatic nitrogens is 3. The van der Waals surface area contributed by atoms with Crippen molar-refractivity contribution < 1.29 is 9.18 Å². The van der Waals surface area contributed by atoms with Crippen LogP contribution in [-0.4, -0.2) is 62.9 Å². The smallest absolute Gasteiger partial charge is 0.235 e. The second-order valence-corrected chi connectivity index (χ2v) is 9.17. The lowest BCUT2D eigenvalue weighted by Gasteiger charge is -2.26. The molecule has 1 amide bonds. The van der Waals surface area contributed by atoms with Crippen LogP contribution in [0.1, 0.15) is 38.9 Å². The predicted molar refractivity (Wildman–Crippen MR) is 114 cm³/mol. The Morgan fingerprint density at radius 1 is 1.14 bits per heavy atom. The molecule has 0 spiro atoms. The van der Waals surface area contributed by atoms with E-state index in [1.807, 2.05) is 18.4 Å². The maximum atomic E-state index is 13.5. The summed E-state index contributed by atoms with van der Waals surface area (Å²) in [6, 6.07) is 6.36. The Balaban J connectivity index is 1.95. The van der Waals surface area contributed by atoms with Gasteiger partial charge in [0, 0.05) is 19.8 Å². The summed E-state index contributed by atoms with van der Waals surface area (Å²) in [6.07, 6.45) is 3.66. The maximum Gasteiger partial charge on any atom is 0.235 e. The molecule has 2 aromatic rings. The molecule has 158 valence electrons. The number of amides is 1. The highest BCUT2D eigenvalue weighted by Crippen LogP contribution is 2.31. The topological polar surface area (TPSA) is 54.3 Å². The van der Waals surface area contributed by atoms with Gasteiger partial charge in [0.1, 0.15) is 5.82 Å². The third kappa shape index (κ3) is 5.36. The summed E-state index contributed by atoms with van der Waals surface area (Å²) >= 11 is 1.43. The number of benzene rings is 1. The van der Waals surface area contributed by atoms with E-state index in [0.29, 0.717) is 11.7 Å². The van der Waals surface area contributed by atoms with Gasteiger partial charge in [-0.1, -0.05) is 32.0 Å². The van der Waals surface area contributed by atoms with Crippen LogP contribution in [0.15, 0.2) is 29.4 Å². The molecule has 2 heterocycles. The number of likely N-dealkylation sites (tertiary alicyclic amines) is 1. The molecule has 0 N–H and O–H groups in total. The third-order valence-corrected chi connectivity index (χ3v) is 6.60. The molecule has 1 aliphatic heterocycles. The van der Waals surface area contributed by atoms with Crippen molar-refractivity contribution in [3.05, 3.63) is 35.9 Å². The molecule has 1 fully saturated rings. The molecule has 8 heteroatoms. The minimum atomic E-state index is -0.281. The quantitative estimate of drug-likeness (QED) is 0.642. The van der Waals surface area contributed by atoms with E-state index >= 15 is 0 Å². The van der Waals surface area contributed by atoms with Crippen molar-refractivity contribution in [2.45, 2.75) is 50.1 Å². The van der Waals surface area contributed by atoms with Crippen LogP contribution in [-0.2, 0) is 11.3 Å². The van der Waals surface area contributed by atoms with Gasteiger partial charge in [0.05, 0.1) is 11.8 Å². The lowest BCUT2D eigenvalue weighted by atomic mass is 10.1. The Labute approximate surface area is 176 Å². The molecule has 1 aromatic heterocycles. The van der Waals surface area contributed by atoms with Crippen LogP contribution < -0.4 is 0 Å². The maximum absolute atomic E-state index is 13.5. The molecular formula is C21H30FN5OS. The van der Waals surface area contributed by atoms with Gasteiger partial charge in [0.2, 0.25) is 5.91 Å². The normalized spacial score (nSPS) is 16.2. The first-order chi connectivity index (χ1) is 13.9. The van der Waals surface area contributed by atoms with Crippen molar-refractivity contribution in [2.24, 2.45) is 5.92 Å². The van der Waals surface area contributed by atoms with E-state index < -0.39 is 0 Å². The van der Waals surface area contributed by atoms with Gasteiger partial charge in [-0.25, -0.2) is 4.39 Å². The number of thioether (sulfide) groups is 1. The van der Waals surface area contributed by atoms with E-state index in [4.69, 9.17) is 0 Å². The number of carbonyl (C=O) groups excluding carboxylic acids is 1. The van der Waals surface area contributed by atoms with Gasteiger partial charge in [-0.3, -0.25) is 14.3 Å². The number of piperidine rings is 1. The summed E-state index contributed by atoms with van der Waals surface area (Å²) in [5.74, 6) is 0.729. The Bertz CT molecular complexity index is 815. The van der Waals surface area contributed by atoms with Gasteiger partial charge in [-0.2, -0.15) is 0 Å². The Hall–Kier alpha value is -1.93. The van der Waals surface area contributed by atoms with Crippen LogP contribution in [0.5, 0.6) is 0 Å². The second-order valence-electron chi connectivity index (χ2n) is 8.06. The van der Waals surface area contributed by atoms with E-state index in [9.17, 15) is 9.18 Å². The molecule has 29 heavy (non-hydrogen) atoms. The Kier molecular flexibility index (Phi) is 7.29.